The average molecular weight is 299 g/mol. The first-order valence-electron chi connectivity index (χ1n) is 6.49. The van der Waals surface area contributed by atoms with Gasteiger partial charge in [-0.2, -0.15) is 0 Å². The van der Waals surface area contributed by atoms with Crippen molar-refractivity contribution in [2.75, 3.05) is 0 Å². The van der Waals surface area contributed by atoms with Gasteiger partial charge in [-0.05, 0) is 19.4 Å². The maximum Gasteiger partial charge on any atom is 0.245 e. The number of carbonyl (C=O) groups is 2. The average Bonchev–Trinajstić information content (AvgIpc) is 2.41. The molecule has 1 aromatic rings. The van der Waals surface area contributed by atoms with Crippen LogP contribution in [-0.4, -0.2) is 28.8 Å². The Morgan fingerprint density at radius 2 is 2.10 bits per heavy atom. The fraction of sp³-hybridized carbons (Fsp3) is 0.429. The number of nitrogens with one attached hydrogen (secondary N) is 1. The molecule has 1 heterocycles. The van der Waals surface area contributed by atoms with E-state index < -0.39 is 17.9 Å². The van der Waals surface area contributed by atoms with E-state index in [1.165, 1.54) is 11.0 Å². The first-order valence-corrected chi connectivity index (χ1v) is 6.87. The van der Waals surface area contributed by atoms with Gasteiger partial charge in [-0.1, -0.05) is 30.7 Å². The first-order chi connectivity index (χ1) is 9.45. The van der Waals surface area contributed by atoms with Crippen molar-refractivity contribution in [1.82, 2.24) is 10.2 Å². The van der Waals surface area contributed by atoms with Gasteiger partial charge in [0.05, 0.1) is 5.02 Å². The van der Waals surface area contributed by atoms with Gasteiger partial charge in [0.2, 0.25) is 11.8 Å². The Kier molecular flexibility index (Phi) is 4.28. The Morgan fingerprint density at radius 1 is 1.40 bits per heavy atom. The summed E-state index contributed by atoms with van der Waals surface area (Å²) < 4.78 is 13.9. The summed E-state index contributed by atoms with van der Waals surface area (Å²) in [7, 11) is 0. The van der Waals surface area contributed by atoms with Gasteiger partial charge >= 0.3 is 0 Å². The lowest BCUT2D eigenvalue weighted by Crippen LogP contribution is -2.61. The molecule has 2 atom stereocenters. The molecule has 0 spiro atoms. The molecule has 1 aromatic carbocycles. The van der Waals surface area contributed by atoms with E-state index in [-0.39, 0.29) is 23.4 Å². The number of amides is 2. The normalized spacial score (nSPS) is 22.9. The van der Waals surface area contributed by atoms with Crippen molar-refractivity contribution in [3.8, 4) is 0 Å². The second-order valence-electron chi connectivity index (χ2n) is 4.83. The Labute approximate surface area is 121 Å². The van der Waals surface area contributed by atoms with Crippen LogP contribution in [-0.2, 0) is 16.1 Å². The molecular formula is C14H16ClFN2O2. The Balaban J connectivity index is 2.30. The molecular weight excluding hydrogens is 283 g/mol. The molecule has 20 heavy (non-hydrogen) atoms. The first kappa shape index (κ1) is 14.8. The van der Waals surface area contributed by atoms with Crippen LogP contribution in [0, 0.1) is 5.82 Å². The van der Waals surface area contributed by atoms with Gasteiger partial charge in [0.25, 0.3) is 0 Å². The molecule has 0 aromatic heterocycles. The van der Waals surface area contributed by atoms with Crippen LogP contribution in [0.15, 0.2) is 18.2 Å². The number of benzene rings is 1. The van der Waals surface area contributed by atoms with Gasteiger partial charge in [0, 0.05) is 12.1 Å². The summed E-state index contributed by atoms with van der Waals surface area (Å²) in [4.78, 5) is 25.5. The molecule has 1 aliphatic heterocycles. The third-order valence-corrected chi connectivity index (χ3v) is 3.74. The maximum absolute atomic E-state index is 13.9. The van der Waals surface area contributed by atoms with Crippen LogP contribution >= 0.6 is 11.6 Å². The number of piperazine rings is 1. The monoisotopic (exact) mass is 298 g/mol. The highest BCUT2D eigenvalue weighted by atomic mass is 35.5. The van der Waals surface area contributed by atoms with E-state index in [0.717, 1.165) is 0 Å². The summed E-state index contributed by atoms with van der Waals surface area (Å²) in [5.74, 6) is -0.965. The summed E-state index contributed by atoms with van der Waals surface area (Å²) in [6.07, 6.45) is 0.479. The third-order valence-electron chi connectivity index (χ3n) is 3.45. The second-order valence-corrected chi connectivity index (χ2v) is 5.24. The number of nitrogens with zero attached hydrogens (tertiary/aromatic N) is 1. The van der Waals surface area contributed by atoms with Crippen LogP contribution in [0.4, 0.5) is 4.39 Å². The Bertz CT molecular complexity index is 550. The van der Waals surface area contributed by atoms with Crippen molar-refractivity contribution < 1.29 is 14.0 Å². The molecule has 6 heteroatoms. The van der Waals surface area contributed by atoms with Crippen LogP contribution in [0.25, 0.3) is 0 Å². The van der Waals surface area contributed by atoms with Crippen molar-refractivity contribution in [1.29, 1.82) is 0 Å². The molecule has 1 fully saturated rings. The van der Waals surface area contributed by atoms with Crippen LogP contribution in [0.3, 0.4) is 0 Å². The van der Waals surface area contributed by atoms with Crippen LogP contribution < -0.4 is 5.32 Å². The highest BCUT2D eigenvalue weighted by molar-refractivity contribution is 6.30. The van der Waals surface area contributed by atoms with E-state index in [2.05, 4.69) is 5.32 Å². The van der Waals surface area contributed by atoms with E-state index >= 15 is 0 Å². The number of rotatable bonds is 3. The van der Waals surface area contributed by atoms with Gasteiger partial charge < -0.3 is 10.2 Å². The molecule has 2 rings (SSSR count). The van der Waals surface area contributed by atoms with E-state index in [9.17, 15) is 14.0 Å². The standard InChI is InChI=1S/C14H16ClFN2O2/c1-3-11-13(19)17-8(2)14(20)18(11)7-9-5-4-6-10(15)12(9)16/h4-6,8,11H,3,7H2,1-2H3,(H,17,19). The molecule has 0 bridgehead atoms. The van der Waals surface area contributed by atoms with Crippen LogP contribution in [0.1, 0.15) is 25.8 Å². The van der Waals surface area contributed by atoms with Crippen molar-refractivity contribution in [3.63, 3.8) is 0 Å². The molecule has 0 saturated carbocycles. The summed E-state index contributed by atoms with van der Waals surface area (Å²) in [5, 5.41) is 2.63. The second kappa shape index (κ2) is 5.79. The maximum atomic E-state index is 13.9. The third kappa shape index (κ3) is 2.63. The van der Waals surface area contributed by atoms with Crippen molar-refractivity contribution in [2.45, 2.75) is 38.9 Å². The molecule has 108 valence electrons. The fourth-order valence-corrected chi connectivity index (χ4v) is 2.56. The minimum Gasteiger partial charge on any atom is -0.343 e. The van der Waals surface area contributed by atoms with E-state index in [1.54, 1.807) is 19.1 Å². The Hall–Kier alpha value is -1.62. The van der Waals surface area contributed by atoms with E-state index in [0.29, 0.717) is 12.0 Å². The lowest BCUT2D eigenvalue weighted by atomic mass is 10.0. The van der Waals surface area contributed by atoms with Gasteiger partial charge in [-0.25, -0.2) is 4.39 Å². The highest BCUT2D eigenvalue weighted by Gasteiger charge is 2.37. The van der Waals surface area contributed by atoms with Crippen molar-refractivity contribution in [3.05, 3.63) is 34.6 Å². The van der Waals surface area contributed by atoms with Gasteiger partial charge in [0.15, 0.2) is 0 Å². The number of carbonyl (C=O) groups excluding carboxylic acids is 2. The van der Waals surface area contributed by atoms with Crippen molar-refractivity contribution in [2.24, 2.45) is 0 Å². The minimum absolute atomic E-state index is 0.0116. The summed E-state index contributed by atoms with van der Waals surface area (Å²) >= 11 is 5.74. The van der Waals surface area contributed by atoms with Crippen molar-refractivity contribution >= 4 is 23.4 Å². The van der Waals surface area contributed by atoms with Gasteiger partial charge in [-0.15, -0.1) is 0 Å². The van der Waals surface area contributed by atoms with Crippen LogP contribution in [0.2, 0.25) is 5.02 Å². The van der Waals surface area contributed by atoms with Gasteiger partial charge in [-0.3, -0.25) is 9.59 Å². The predicted molar refractivity (Wildman–Crippen MR) is 73.6 cm³/mol. The lowest BCUT2D eigenvalue weighted by Gasteiger charge is -2.37. The molecule has 1 saturated heterocycles. The number of hydrogen-bond donors (Lipinski definition) is 1. The lowest BCUT2D eigenvalue weighted by molar-refractivity contribution is -0.149. The zero-order chi connectivity index (χ0) is 14.9. The zero-order valence-corrected chi connectivity index (χ0v) is 12.1. The molecule has 0 radical (unpaired) electrons. The smallest absolute Gasteiger partial charge is 0.245 e. The summed E-state index contributed by atoms with van der Waals surface area (Å²) in [6.45, 7) is 3.48. The SMILES string of the molecule is CCC1C(=O)NC(C)C(=O)N1Cc1cccc(Cl)c1F. The molecule has 2 amide bonds. The quantitative estimate of drug-likeness (QED) is 0.929. The molecule has 1 N–H and O–H groups in total. The number of hydrogen-bond acceptors (Lipinski definition) is 2. The zero-order valence-electron chi connectivity index (χ0n) is 11.3. The van der Waals surface area contributed by atoms with Gasteiger partial charge in [0.1, 0.15) is 17.9 Å². The minimum atomic E-state index is -0.590. The fourth-order valence-electron chi connectivity index (χ4n) is 2.36. The van der Waals surface area contributed by atoms with Crippen LogP contribution in [0.5, 0.6) is 0 Å². The molecule has 0 aliphatic carbocycles. The predicted octanol–water partition coefficient (Wildman–Crippen LogP) is 2.10. The van der Waals surface area contributed by atoms with E-state index in [4.69, 9.17) is 11.6 Å². The molecule has 4 nitrogen and oxygen atoms in total. The molecule has 1 aliphatic rings. The summed E-state index contributed by atoms with van der Waals surface area (Å²) in [6, 6.07) is 3.48. The Morgan fingerprint density at radius 3 is 2.75 bits per heavy atom. The number of halogens is 2. The largest absolute Gasteiger partial charge is 0.343 e. The summed E-state index contributed by atoms with van der Waals surface area (Å²) in [5.41, 5.74) is 0.311. The molecule has 2 unspecified atom stereocenters. The highest BCUT2D eigenvalue weighted by Crippen LogP contribution is 2.22. The van der Waals surface area contributed by atoms with E-state index in [1.807, 2.05) is 6.92 Å². The topological polar surface area (TPSA) is 49.4 Å².